The topological polar surface area (TPSA) is 52.6 Å². The summed E-state index contributed by atoms with van der Waals surface area (Å²) in [4.78, 5) is 25.6. The van der Waals surface area contributed by atoms with Crippen molar-refractivity contribution in [3.05, 3.63) is 70.8 Å². The van der Waals surface area contributed by atoms with Gasteiger partial charge in [0.05, 0.1) is 11.1 Å². The molecule has 192 valence electrons. The van der Waals surface area contributed by atoms with Gasteiger partial charge in [-0.25, -0.2) is 9.59 Å². The van der Waals surface area contributed by atoms with E-state index >= 15 is 0 Å². The number of esters is 2. The fourth-order valence-electron chi connectivity index (χ4n) is 4.20. The summed E-state index contributed by atoms with van der Waals surface area (Å²) in [6.45, 7) is 8.49. The SMILES string of the molecule is CCCCc1ccc(C(=O)OC(CCC)CC(CCC)OC(=O)c2ccc(CCCC)cc2)cc1. The van der Waals surface area contributed by atoms with Crippen LogP contribution in [0.4, 0.5) is 0 Å². The molecule has 0 aliphatic heterocycles. The number of benzene rings is 2. The maximum absolute atomic E-state index is 12.8. The lowest BCUT2D eigenvalue weighted by molar-refractivity contribution is -0.00415. The summed E-state index contributed by atoms with van der Waals surface area (Å²) in [5.74, 6) is -0.621. The summed E-state index contributed by atoms with van der Waals surface area (Å²) in [5.41, 5.74) is 3.61. The number of hydrogen-bond acceptors (Lipinski definition) is 4. The molecule has 0 fully saturated rings. The monoisotopic (exact) mass is 480 g/mol. The second kappa shape index (κ2) is 16.1. The Bertz CT molecular complexity index is 796. The molecule has 0 bridgehead atoms. The van der Waals surface area contributed by atoms with Gasteiger partial charge in [0.15, 0.2) is 0 Å². The third kappa shape index (κ3) is 10.3. The first-order valence-electron chi connectivity index (χ1n) is 13.6. The van der Waals surface area contributed by atoms with Gasteiger partial charge in [0.1, 0.15) is 12.2 Å². The van der Waals surface area contributed by atoms with E-state index in [9.17, 15) is 9.59 Å². The second-order valence-corrected chi connectivity index (χ2v) is 9.47. The standard InChI is InChI=1S/C31H44O4/c1-5-9-13-24-15-19-26(20-16-24)30(32)34-28(11-7-3)23-29(12-8-4)35-31(33)27-21-17-25(18-22-27)14-10-6-2/h15-22,28-29H,5-14,23H2,1-4H3. The third-order valence-corrected chi connectivity index (χ3v) is 6.31. The maximum atomic E-state index is 12.8. The Hall–Kier alpha value is -2.62. The van der Waals surface area contributed by atoms with E-state index in [0.717, 1.165) is 64.2 Å². The molecular weight excluding hydrogens is 436 g/mol. The highest BCUT2D eigenvalue weighted by atomic mass is 16.6. The van der Waals surface area contributed by atoms with Crippen molar-refractivity contribution in [1.29, 1.82) is 0 Å². The van der Waals surface area contributed by atoms with Crippen LogP contribution in [-0.2, 0) is 22.3 Å². The van der Waals surface area contributed by atoms with Gasteiger partial charge < -0.3 is 9.47 Å². The van der Waals surface area contributed by atoms with Crippen LogP contribution in [0.1, 0.15) is 117 Å². The normalized spacial score (nSPS) is 12.7. The summed E-state index contributed by atoms with van der Waals surface area (Å²) < 4.78 is 11.8. The van der Waals surface area contributed by atoms with E-state index < -0.39 is 0 Å². The third-order valence-electron chi connectivity index (χ3n) is 6.31. The zero-order valence-corrected chi connectivity index (χ0v) is 22.2. The number of rotatable bonds is 16. The van der Waals surface area contributed by atoms with E-state index in [2.05, 4.69) is 27.7 Å². The van der Waals surface area contributed by atoms with Crippen LogP contribution in [0.5, 0.6) is 0 Å². The average molecular weight is 481 g/mol. The van der Waals surface area contributed by atoms with Crippen molar-refractivity contribution in [2.24, 2.45) is 0 Å². The molecule has 2 unspecified atom stereocenters. The van der Waals surface area contributed by atoms with Crippen LogP contribution in [0.15, 0.2) is 48.5 Å². The number of carbonyl (C=O) groups excluding carboxylic acids is 2. The van der Waals surface area contributed by atoms with Gasteiger partial charge in [-0.2, -0.15) is 0 Å². The van der Waals surface area contributed by atoms with Crippen LogP contribution in [0.2, 0.25) is 0 Å². The first-order chi connectivity index (χ1) is 17.0. The minimum atomic E-state index is -0.310. The van der Waals surface area contributed by atoms with Crippen molar-refractivity contribution in [2.75, 3.05) is 0 Å². The quantitative estimate of drug-likeness (QED) is 0.228. The van der Waals surface area contributed by atoms with Gasteiger partial charge in [0.2, 0.25) is 0 Å². The molecule has 4 heteroatoms. The van der Waals surface area contributed by atoms with E-state index in [1.807, 2.05) is 48.5 Å². The van der Waals surface area contributed by atoms with E-state index in [0.29, 0.717) is 17.5 Å². The lowest BCUT2D eigenvalue weighted by Gasteiger charge is -2.24. The largest absolute Gasteiger partial charge is 0.459 e. The van der Waals surface area contributed by atoms with Crippen LogP contribution in [0.3, 0.4) is 0 Å². The first kappa shape index (κ1) is 28.6. The molecule has 4 nitrogen and oxygen atoms in total. The average Bonchev–Trinajstić information content (AvgIpc) is 2.87. The van der Waals surface area contributed by atoms with Gasteiger partial charge in [-0.05, 0) is 73.9 Å². The summed E-state index contributed by atoms with van der Waals surface area (Å²) in [5, 5.41) is 0. The highest BCUT2D eigenvalue weighted by molar-refractivity contribution is 5.90. The summed E-state index contributed by atoms with van der Waals surface area (Å²) >= 11 is 0. The summed E-state index contributed by atoms with van der Waals surface area (Å²) in [6.07, 6.45) is 9.83. The first-order valence-corrected chi connectivity index (χ1v) is 13.6. The van der Waals surface area contributed by atoms with E-state index in [4.69, 9.17) is 9.47 Å². The van der Waals surface area contributed by atoms with Crippen LogP contribution >= 0.6 is 0 Å². The highest BCUT2D eigenvalue weighted by Crippen LogP contribution is 2.20. The molecule has 0 heterocycles. The molecule has 0 aliphatic rings. The Balaban J connectivity index is 1.99. The second-order valence-electron chi connectivity index (χ2n) is 9.47. The van der Waals surface area contributed by atoms with Gasteiger partial charge in [-0.3, -0.25) is 0 Å². The maximum Gasteiger partial charge on any atom is 0.338 e. The van der Waals surface area contributed by atoms with Crippen LogP contribution in [-0.4, -0.2) is 24.1 Å². The number of aryl methyl sites for hydroxylation is 2. The molecule has 2 aromatic rings. The van der Waals surface area contributed by atoms with Gasteiger partial charge >= 0.3 is 11.9 Å². The molecule has 0 saturated heterocycles. The fraction of sp³-hybridized carbons (Fsp3) is 0.548. The Morgan fingerprint density at radius 1 is 0.600 bits per heavy atom. The number of hydrogen-bond donors (Lipinski definition) is 0. The lowest BCUT2D eigenvalue weighted by Crippen LogP contribution is -2.27. The van der Waals surface area contributed by atoms with E-state index in [-0.39, 0.29) is 24.1 Å². The molecule has 2 atom stereocenters. The van der Waals surface area contributed by atoms with Crippen LogP contribution in [0.25, 0.3) is 0 Å². The zero-order valence-electron chi connectivity index (χ0n) is 22.2. The Labute approximate surface area is 212 Å². The molecule has 0 N–H and O–H groups in total. The number of ether oxygens (including phenoxy) is 2. The van der Waals surface area contributed by atoms with Crippen LogP contribution in [0, 0.1) is 0 Å². The molecular formula is C31H44O4. The van der Waals surface area contributed by atoms with Crippen LogP contribution < -0.4 is 0 Å². The zero-order chi connectivity index (χ0) is 25.5. The predicted octanol–water partition coefficient (Wildman–Crippen LogP) is 8.11. The van der Waals surface area contributed by atoms with Gasteiger partial charge in [0.25, 0.3) is 0 Å². The molecule has 0 spiro atoms. The minimum absolute atomic E-state index is 0.284. The van der Waals surface area contributed by atoms with Crippen molar-refractivity contribution in [3.8, 4) is 0 Å². The van der Waals surface area contributed by atoms with Gasteiger partial charge in [0, 0.05) is 6.42 Å². The molecule has 0 amide bonds. The van der Waals surface area contributed by atoms with E-state index in [1.54, 1.807) is 0 Å². The van der Waals surface area contributed by atoms with Crippen molar-refractivity contribution < 1.29 is 19.1 Å². The molecule has 0 radical (unpaired) electrons. The molecule has 0 saturated carbocycles. The smallest absolute Gasteiger partial charge is 0.338 e. The molecule has 2 aromatic carbocycles. The minimum Gasteiger partial charge on any atom is -0.459 e. The molecule has 0 aromatic heterocycles. The van der Waals surface area contributed by atoms with Crippen molar-refractivity contribution in [1.82, 2.24) is 0 Å². The fourth-order valence-corrected chi connectivity index (χ4v) is 4.20. The van der Waals surface area contributed by atoms with E-state index in [1.165, 1.54) is 11.1 Å². The summed E-state index contributed by atoms with van der Waals surface area (Å²) in [6, 6.07) is 15.4. The van der Waals surface area contributed by atoms with Gasteiger partial charge in [-0.15, -0.1) is 0 Å². The van der Waals surface area contributed by atoms with Crippen molar-refractivity contribution in [3.63, 3.8) is 0 Å². The lowest BCUT2D eigenvalue weighted by atomic mass is 10.0. The summed E-state index contributed by atoms with van der Waals surface area (Å²) in [7, 11) is 0. The predicted molar refractivity (Wildman–Crippen MR) is 143 cm³/mol. The molecule has 0 aliphatic carbocycles. The Morgan fingerprint density at radius 3 is 1.29 bits per heavy atom. The Morgan fingerprint density at radius 2 is 0.971 bits per heavy atom. The van der Waals surface area contributed by atoms with Crippen molar-refractivity contribution in [2.45, 2.75) is 111 Å². The number of carbonyl (C=O) groups is 2. The highest BCUT2D eigenvalue weighted by Gasteiger charge is 2.23. The molecule has 2 rings (SSSR count). The van der Waals surface area contributed by atoms with Gasteiger partial charge in [-0.1, -0.05) is 77.6 Å². The Kier molecular flexibility index (Phi) is 13.2. The van der Waals surface area contributed by atoms with Crippen molar-refractivity contribution >= 4 is 11.9 Å². The molecule has 35 heavy (non-hydrogen) atoms. The number of unbranched alkanes of at least 4 members (excludes halogenated alkanes) is 2.